The summed E-state index contributed by atoms with van der Waals surface area (Å²) in [6.07, 6.45) is 1.48. The Morgan fingerprint density at radius 3 is 2.73 bits per heavy atom. The number of hydrogen-bond donors (Lipinski definition) is 2. The lowest BCUT2D eigenvalue weighted by Gasteiger charge is -2.12. The highest BCUT2D eigenvalue weighted by atomic mass is 35.5. The summed E-state index contributed by atoms with van der Waals surface area (Å²) in [5.41, 5.74) is 2.71. The topological polar surface area (TPSA) is 95.8 Å². The van der Waals surface area contributed by atoms with Crippen molar-refractivity contribution in [2.24, 2.45) is 0 Å². The third-order valence-corrected chi connectivity index (χ3v) is 4.00. The molecule has 130 valence electrons. The van der Waals surface area contributed by atoms with E-state index in [0.29, 0.717) is 33.5 Å². The fraction of sp³-hybridized carbons (Fsp3) is 0.111. The predicted octanol–water partition coefficient (Wildman–Crippen LogP) is 4.20. The Bertz CT molecular complexity index is 986. The molecule has 26 heavy (non-hydrogen) atoms. The van der Waals surface area contributed by atoms with Gasteiger partial charge >= 0.3 is 0 Å². The molecule has 3 rings (SSSR count). The van der Waals surface area contributed by atoms with E-state index in [4.69, 9.17) is 16.3 Å². The highest BCUT2D eigenvalue weighted by Gasteiger charge is 2.10. The van der Waals surface area contributed by atoms with Crippen LogP contribution in [0.4, 0.5) is 23.1 Å². The number of nitrogens with zero attached hydrogens (tertiary/aromatic N) is 4. The minimum atomic E-state index is 0.282. The normalized spacial score (nSPS) is 10.1. The zero-order valence-electron chi connectivity index (χ0n) is 14.1. The van der Waals surface area contributed by atoms with Gasteiger partial charge in [-0.05, 0) is 30.7 Å². The Morgan fingerprint density at radius 2 is 1.96 bits per heavy atom. The van der Waals surface area contributed by atoms with Crippen LogP contribution in [0.2, 0.25) is 5.02 Å². The summed E-state index contributed by atoms with van der Waals surface area (Å²) < 4.78 is 5.33. The van der Waals surface area contributed by atoms with E-state index in [1.165, 1.54) is 6.20 Å². The first-order valence-electron chi connectivity index (χ1n) is 7.67. The maximum atomic E-state index is 9.18. The summed E-state index contributed by atoms with van der Waals surface area (Å²) >= 11 is 6.12. The number of benzene rings is 2. The Balaban J connectivity index is 1.87. The van der Waals surface area contributed by atoms with Gasteiger partial charge in [0.05, 0.1) is 30.2 Å². The van der Waals surface area contributed by atoms with Gasteiger partial charge in [0.15, 0.2) is 5.82 Å². The van der Waals surface area contributed by atoms with Gasteiger partial charge in [0.1, 0.15) is 11.8 Å². The second-order valence-electron chi connectivity index (χ2n) is 5.37. The number of aryl methyl sites for hydroxylation is 1. The highest BCUT2D eigenvalue weighted by molar-refractivity contribution is 6.31. The number of nitriles is 1. The maximum absolute atomic E-state index is 9.18. The Kier molecular flexibility index (Phi) is 5.15. The van der Waals surface area contributed by atoms with Crippen LogP contribution in [0.25, 0.3) is 0 Å². The van der Waals surface area contributed by atoms with E-state index in [-0.39, 0.29) is 5.95 Å². The van der Waals surface area contributed by atoms with Gasteiger partial charge in [0.25, 0.3) is 0 Å². The van der Waals surface area contributed by atoms with Crippen molar-refractivity contribution in [3.63, 3.8) is 0 Å². The molecule has 3 aromatic rings. The predicted molar refractivity (Wildman–Crippen MR) is 100 cm³/mol. The summed E-state index contributed by atoms with van der Waals surface area (Å²) in [4.78, 5) is 4.37. The Labute approximate surface area is 155 Å². The zero-order chi connectivity index (χ0) is 18.5. The van der Waals surface area contributed by atoms with Crippen LogP contribution >= 0.6 is 11.6 Å². The average molecular weight is 367 g/mol. The Morgan fingerprint density at radius 1 is 1.15 bits per heavy atom. The average Bonchev–Trinajstić information content (AvgIpc) is 2.65. The minimum Gasteiger partial charge on any atom is -0.495 e. The second-order valence-corrected chi connectivity index (χ2v) is 5.78. The highest BCUT2D eigenvalue weighted by Crippen LogP contribution is 2.32. The fourth-order valence-corrected chi connectivity index (χ4v) is 2.45. The number of hydrogen-bond acceptors (Lipinski definition) is 7. The maximum Gasteiger partial charge on any atom is 0.249 e. The number of para-hydroxylation sites is 1. The molecule has 0 saturated heterocycles. The molecule has 0 amide bonds. The molecule has 0 aliphatic heterocycles. The van der Waals surface area contributed by atoms with Crippen LogP contribution in [0.1, 0.15) is 11.1 Å². The van der Waals surface area contributed by atoms with Gasteiger partial charge in [-0.1, -0.05) is 23.7 Å². The summed E-state index contributed by atoms with van der Waals surface area (Å²) in [7, 11) is 1.56. The third-order valence-electron chi connectivity index (χ3n) is 3.60. The first kappa shape index (κ1) is 17.5. The van der Waals surface area contributed by atoms with Crippen LogP contribution in [-0.2, 0) is 0 Å². The first-order valence-corrected chi connectivity index (χ1v) is 8.05. The minimum absolute atomic E-state index is 0.282. The van der Waals surface area contributed by atoms with E-state index in [2.05, 4.69) is 31.9 Å². The molecule has 0 saturated carbocycles. The molecular weight excluding hydrogens is 352 g/mol. The van der Waals surface area contributed by atoms with E-state index in [9.17, 15) is 5.26 Å². The molecule has 1 aromatic heterocycles. The number of aromatic nitrogens is 3. The molecule has 2 aromatic carbocycles. The Hall–Kier alpha value is -3.37. The number of rotatable bonds is 5. The van der Waals surface area contributed by atoms with E-state index in [1.54, 1.807) is 31.4 Å². The quantitative estimate of drug-likeness (QED) is 0.698. The number of ether oxygens (including phenoxy) is 1. The molecule has 0 radical (unpaired) electrons. The van der Waals surface area contributed by atoms with Crippen LogP contribution < -0.4 is 15.4 Å². The standard InChI is InChI=1S/C18H15ClN6O/c1-11-7-15(16(26-2)8-13(11)19)23-18-24-17(10-21-25-18)22-14-6-4-3-5-12(14)9-20/h3-8,10H,1-2H3,(H2,22,23,24,25). The van der Waals surface area contributed by atoms with Crippen molar-refractivity contribution < 1.29 is 4.74 Å². The molecule has 0 aliphatic carbocycles. The van der Waals surface area contributed by atoms with E-state index in [1.807, 2.05) is 19.1 Å². The summed E-state index contributed by atoms with van der Waals surface area (Å²) in [6.45, 7) is 1.89. The molecule has 8 heteroatoms. The lowest BCUT2D eigenvalue weighted by molar-refractivity contribution is 0.416. The van der Waals surface area contributed by atoms with Gasteiger partial charge in [0, 0.05) is 11.1 Å². The number of halogens is 1. The van der Waals surface area contributed by atoms with Gasteiger partial charge < -0.3 is 15.4 Å². The van der Waals surface area contributed by atoms with Crippen molar-refractivity contribution in [3.8, 4) is 11.8 Å². The lowest BCUT2D eigenvalue weighted by Crippen LogP contribution is -2.04. The zero-order valence-corrected chi connectivity index (χ0v) is 14.9. The summed E-state index contributed by atoms with van der Waals surface area (Å²) in [5.74, 6) is 1.30. The van der Waals surface area contributed by atoms with Crippen molar-refractivity contribution >= 4 is 34.7 Å². The molecule has 0 fully saturated rings. The summed E-state index contributed by atoms with van der Waals surface area (Å²) in [6, 6.07) is 12.8. The molecule has 1 heterocycles. The van der Waals surface area contributed by atoms with E-state index >= 15 is 0 Å². The van der Waals surface area contributed by atoms with Gasteiger partial charge in [-0.25, -0.2) is 0 Å². The smallest absolute Gasteiger partial charge is 0.249 e. The second kappa shape index (κ2) is 7.68. The van der Waals surface area contributed by atoms with Gasteiger partial charge in [-0.2, -0.15) is 15.3 Å². The molecule has 0 bridgehead atoms. The fourth-order valence-electron chi connectivity index (χ4n) is 2.29. The number of methoxy groups -OCH3 is 1. The van der Waals surface area contributed by atoms with Crippen LogP contribution in [0, 0.1) is 18.3 Å². The van der Waals surface area contributed by atoms with Crippen molar-refractivity contribution in [2.75, 3.05) is 17.7 Å². The van der Waals surface area contributed by atoms with Gasteiger partial charge in [-0.15, -0.1) is 5.10 Å². The summed E-state index contributed by atoms with van der Waals surface area (Å²) in [5, 5.41) is 23.8. The monoisotopic (exact) mass is 366 g/mol. The molecule has 0 aliphatic rings. The third kappa shape index (κ3) is 3.82. The number of anilines is 4. The van der Waals surface area contributed by atoms with Crippen molar-refractivity contribution in [1.82, 2.24) is 15.2 Å². The van der Waals surface area contributed by atoms with Crippen molar-refractivity contribution in [3.05, 3.63) is 58.7 Å². The van der Waals surface area contributed by atoms with Crippen LogP contribution in [0.15, 0.2) is 42.6 Å². The van der Waals surface area contributed by atoms with Crippen LogP contribution in [0.5, 0.6) is 5.75 Å². The van der Waals surface area contributed by atoms with Gasteiger partial charge in [0.2, 0.25) is 5.95 Å². The molecule has 0 atom stereocenters. The largest absolute Gasteiger partial charge is 0.495 e. The van der Waals surface area contributed by atoms with Crippen LogP contribution in [0.3, 0.4) is 0 Å². The molecule has 7 nitrogen and oxygen atoms in total. The molecule has 0 unspecified atom stereocenters. The van der Waals surface area contributed by atoms with E-state index in [0.717, 1.165) is 5.56 Å². The number of nitrogens with one attached hydrogen (secondary N) is 2. The van der Waals surface area contributed by atoms with E-state index < -0.39 is 0 Å². The molecular formula is C18H15ClN6O. The van der Waals surface area contributed by atoms with Crippen molar-refractivity contribution in [1.29, 1.82) is 5.26 Å². The lowest BCUT2D eigenvalue weighted by atomic mass is 10.2. The SMILES string of the molecule is COc1cc(Cl)c(C)cc1Nc1nncc(Nc2ccccc2C#N)n1. The molecule has 2 N–H and O–H groups in total. The van der Waals surface area contributed by atoms with Crippen molar-refractivity contribution in [2.45, 2.75) is 6.92 Å². The first-order chi connectivity index (χ1) is 12.6. The van der Waals surface area contributed by atoms with Gasteiger partial charge in [-0.3, -0.25) is 0 Å². The molecule has 0 spiro atoms. The van der Waals surface area contributed by atoms with Crippen LogP contribution in [-0.4, -0.2) is 22.3 Å².